The number of benzene rings is 2. The van der Waals surface area contributed by atoms with Gasteiger partial charge in [-0.3, -0.25) is 4.79 Å². The van der Waals surface area contributed by atoms with E-state index in [0.29, 0.717) is 40.3 Å². The normalized spacial score (nSPS) is 13.1. The van der Waals surface area contributed by atoms with Crippen LogP contribution in [-0.2, 0) is 6.61 Å². The molecule has 0 saturated heterocycles. The van der Waals surface area contributed by atoms with Gasteiger partial charge in [-0.15, -0.1) is 10.2 Å². The summed E-state index contributed by atoms with van der Waals surface area (Å²) in [6.07, 6.45) is 0. The SMILES string of the molecule is COc1cccc(OCc2nnc3n2N(C(=O)c2ccc(F)cc2)CCS3)c1. The molecule has 0 aliphatic carbocycles. The molecule has 7 nitrogen and oxygen atoms in total. The van der Waals surface area contributed by atoms with Gasteiger partial charge < -0.3 is 9.47 Å². The predicted molar refractivity (Wildman–Crippen MR) is 102 cm³/mol. The standard InChI is InChI=1S/C19H17FN4O3S/c1-26-15-3-2-4-16(11-15)27-12-17-21-22-19-24(17)23(9-10-28-19)18(25)13-5-7-14(20)8-6-13/h2-8,11H,9-10,12H2,1H3. The average molecular weight is 400 g/mol. The predicted octanol–water partition coefficient (Wildman–Crippen LogP) is 2.89. The van der Waals surface area contributed by atoms with Crippen molar-refractivity contribution in [3.05, 3.63) is 65.7 Å². The summed E-state index contributed by atoms with van der Waals surface area (Å²) in [5.41, 5.74) is 0.396. The molecular weight excluding hydrogens is 383 g/mol. The summed E-state index contributed by atoms with van der Waals surface area (Å²) in [5.74, 6) is 1.87. The molecule has 3 aromatic rings. The second-order valence-corrected chi connectivity index (χ2v) is 7.02. The lowest BCUT2D eigenvalue weighted by Crippen LogP contribution is -2.45. The van der Waals surface area contributed by atoms with Gasteiger partial charge in [-0.05, 0) is 36.4 Å². The number of rotatable bonds is 5. The summed E-state index contributed by atoms with van der Waals surface area (Å²) in [4.78, 5) is 12.9. The lowest BCUT2D eigenvalue weighted by molar-refractivity contribution is 0.0952. The van der Waals surface area contributed by atoms with Crippen LogP contribution in [-0.4, -0.2) is 40.2 Å². The second-order valence-electron chi connectivity index (χ2n) is 5.96. The maximum absolute atomic E-state index is 13.2. The summed E-state index contributed by atoms with van der Waals surface area (Å²) in [6, 6.07) is 12.7. The molecule has 0 unspecified atom stereocenters. The van der Waals surface area contributed by atoms with E-state index in [1.165, 1.54) is 36.0 Å². The number of hydrogen-bond donors (Lipinski definition) is 0. The Morgan fingerprint density at radius 1 is 1.18 bits per heavy atom. The van der Waals surface area contributed by atoms with Crippen LogP contribution in [0.3, 0.4) is 0 Å². The Labute approximate surface area is 165 Å². The largest absolute Gasteiger partial charge is 0.497 e. The first-order valence-electron chi connectivity index (χ1n) is 8.57. The van der Waals surface area contributed by atoms with Crippen LogP contribution >= 0.6 is 11.8 Å². The van der Waals surface area contributed by atoms with Crippen LogP contribution in [0.2, 0.25) is 0 Å². The first-order valence-corrected chi connectivity index (χ1v) is 9.56. The molecule has 1 aromatic heterocycles. The van der Waals surface area contributed by atoms with Crippen LogP contribution in [0.1, 0.15) is 16.2 Å². The summed E-state index contributed by atoms with van der Waals surface area (Å²) < 4.78 is 25.8. The minimum Gasteiger partial charge on any atom is -0.497 e. The van der Waals surface area contributed by atoms with Crippen molar-refractivity contribution in [3.63, 3.8) is 0 Å². The van der Waals surface area contributed by atoms with Crippen molar-refractivity contribution in [2.75, 3.05) is 24.4 Å². The molecule has 28 heavy (non-hydrogen) atoms. The van der Waals surface area contributed by atoms with Gasteiger partial charge in [-0.1, -0.05) is 17.8 Å². The zero-order valence-electron chi connectivity index (χ0n) is 15.0. The zero-order chi connectivity index (χ0) is 19.5. The molecule has 2 aromatic carbocycles. The van der Waals surface area contributed by atoms with Crippen molar-refractivity contribution >= 4 is 17.7 Å². The third-order valence-corrected chi connectivity index (χ3v) is 5.09. The fourth-order valence-corrected chi connectivity index (χ4v) is 3.69. The minimum absolute atomic E-state index is 0.133. The Bertz CT molecular complexity index is 993. The summed E-state index contributed by atoms with van der Waals surface area (Å²) in [6.45, 7) is 0.617. The first-order chi connectivity index (χ1) is 13.7. The number of thioether (sulfide) groups is 1. The first kappa shape index (κ1) is 18.3. The number of fused-ring (bicyclic) bond motifs is 1. The van der Waals surface area contributed by atoms with Crippen LogP contribution in [0.25, 0.3) is 0 Å². The Morgan fingerprint density at radius 3 is 2.75 bits per heavy atom. The Kier molecular flexibility index (Phi) is 5.16. The van der Waals surface area contributed by atoms with Crippen molar-refractivity contribution in [1.29, 1.82) is 0 Å². The molecule has 144 valence electrons. The van der Waals surface area contributed by atoms with E-state index in [-0.39, 0.29) is 18.3 Å². The molecular formula is C19H17FN4O3S. The molecule has 0 fully saturated rings. The molecule has 1 aliphatic heterocycles. The quantitative estimate of drug-likeness (QED) is 0.656. The Morgan fingerprint density at radius 2 is 1.96 bits per heavy atom. The number of carbonyl (C=O) groups is 1. The monoisotopic (exact) mass is 400 g/mol. The third-order valence-electron chi connectivity index (χ3n) is 4.19. The summed E-state index contributed by atoms with van der Waals surface area (Å²) >= 11 is 1.52. The lowest BCUT2D eigenvalue weighted by atomic mass is 10.2. The average Bonchev–Trinajstić information content (AvgIpc) is 3.16. The number of nitrogens with zero attached hydrogens (tertiary/aromatic N) is 4. The topological polar surface area (TPSA) is 69.5 Å². The number of aromatic nitrogens is 3. The molecule has 0 radical (unpaired) electrons. The summed E-state index contributed by atoms with van der Waals surface area (Å²) in [5, 5.41) is 10.5. The van der Waals surface area contributed by atoms with Gasteiger partial charge in [0.25, 0.3) is 5.91 Å². The molecule has 0 bridgehead atoms. The van der Waals surface area contributed by atoms with Crippen LogP contribution in [0.4, 0.5) is 4.39 Å². The number of ether oxygens (including phenoxy) is 2. The van der Waals surface area contributed by atoms with Crippen molar-refractivity contribution in [2.45, 2.75) is 11.8 Å². The van der Waals surface area contributed by atoms with Gasteiger partial charge in [0, 0.05) is 17.4 Å². The van der Waals surface area contributed by atoms with Crippen molar-refractivity contribution < 1.29 is 18.7 Å². The molecule has 0 spiro atoms. The fraction of sp³-hybridized carbons (Fsp3) is 0.211. The minimum atomic E-state index is -0.386. The lowest BCUT2D eigenvalue weighted by Gasteiger charge is -2.29. The number of amides is 1. The maximum atomic E-state index is 13.2. The Balaban J connectivity index is 1.57. The van der Waals surface area contributed by atoms with Crippen LogP contribution in [0, 0.1) is 5.82 Å². The Hall–Kier alpha value is -3.07. The second kappa shape index (κ2) is 7.89. The number of halogens is 1. The summed E-state index contributed by atoms with van der Waals surface area (Å²) in [7, 11) is 1.59. The van der Waals surface area contributed by atoms with Gasteiger partial charge in [0.05, 0.1) is 13.7 Å². The molecule has 0 N–H and O–H groups in total. The van der Waals surface area contributed by atoms with Gasteiger partial charge in [0.2, 0.25) is 5.16 Å². The van der Waals surface area contributed by atoms with Crippen molar-refractivity contribution in [2.24, 2.45) is 0 Å². The highest BCUT2D eigenvalue weighted by Gasteiger charge is 2.28. The highest BCUT2D eigenvalue weighted by atomic mass is 32.2. The van der Waals surface area contributed by atoms with E-state index in [1.807, 2.05) is 18.2 Å². The highest BCUT2D eigenvalue weighted by Crippen LogP contribution is 2.25. The van der Waals surface area contributed by atoms with E-state index < -0.39 is 0 Å². The van der Waals surface area contributed by atoms with E-state index in [1.54, 1.807) is 22.9 Å². The molecule has 9 heteroatoms. The van der Waals surface area contributed by atoms with Crippen LogP contribution < -0.4 is 14.5 Å². The smallest absolute Gasteiger partial charge is 0.272 e. The molecule has 1 aliphatic rings. The van der Waals surface area contributed by atoms with Gasteiger partial charge in [0.15, 0.2) is 5.82 Å². The van der Waals surface area contributed by atoms with Crippen molar-refractivity contribution in [1.82, 2.24) is 14.9 Å². The van der Waals surface area contributed by atoms with Crippen LogP contribution in [0.15, 0.2) is 53.7 Å². The van der Waals surface area contributed by atoms with E-state index in [0.717, 1.165) is 0 Å². The maximum Gasteiger partial charge on any atom is 0.272 e. The van der Waals surface area contributed by atoms with E-state index in [9.17, 15) is 9.18 Å². The molecule has 0 saturated carbocycles. The molecule has 2 heterocycles. The van der Waals surface area contributed by atoms with Gasteiger partial charge in [-0.2, -0.15) is 0 Å². The van der Waals surface area contributed by atoms with Crippen LogP contribution in [0.5, 0.6) is 11.5 Å². The number of carbonyl (C=O) groups excluding carboxylic acids is 1. The van der Waals surface area contributed by atoms with Crippen molar-refractivity contribution in [3.8, 4) is 11.5 Å². The van der Waals surface area contributed by atoms with Gasteiger partial charge in [-0.25, -0.2) is 14.1 Å². The van der Waals surface area contributed by atoms with E-state index in [2.05, 4.69) is 10.2 Å². The number of methoxy groups -OCH3 is 1. The fourth-order valence-electron chi connectivity index (χ4n) is 2.81. The highest BCUT2D eigenvalue weighted by molar-refractivity contribution is 7.99. The molecule has 0 atom stereocenters. The van der Waals surface area contributed by atoms with E-state index in [4.69, 9.17) is 9.47 Å². The molecule has 1 amide bonds. The molecule has 4 rings (SSSR count). The van der Waals surface area contributed by atoms with E-state index >= 15 is 0 Å². The van der Waals surface area contributed by atoms with Gasteiger partial charge >= 0.3 is 0 Å². The number of hydrogen-bond acceptors (Lipinski definition) is 6. The third kappa shape index (κ3) is 3.65. The zero-order valence-corrected chi connectivity index (χ0v) is 15.9. The van der Waals surface area contributed by atoms with Gasteiger partial charge in [0.1, 0.15) is 23.9 Å².